The summed E-state index contributed by atoms with van der Waals surface area (Å²) in [5.41, 5.74) is 2.78. The maximum absolute atomic E-state index is 2.26. The molecule has 0 saturated heterocycles. The fourth-order valence-corrected chi connectivity index (χ4v) is 1.55. The van der Waals surface area contributed by atoms with Gasteiger partial charge >= 0.3 is 0 Å². The summed E-state index contributed by atoms with van der Waals surface area (Å²) < 4.78 is 0. The molecule has 1 aromatic rings. The highest BCUT2D eigenvalue weighted by molar-refractivity contribution is 5.18. The highest BCUT2D eigenvalue weighted by Crippen LogP contribution is 2.04. The van der Waals surface area contributed by atoms with Crippen molar-refractivity contribution in [3.63, 3.8) is 0 Å². The van der Waals surface area contributed by atoms with Crippen LogP contribution in [-0.2, 0) is 6.42 Å². The van der Waals surface area contributed by atoms with Crippen molar-refractivity contribution in [2.45, 2.75) is 33.1 Å². The van der Waals surface area contributed by atoms with Crippen molar-refractivity contribution >= 4 is 0 Å². The molecule has 0 aliphatic carbocycles. The normalized spacial score (nSPS) is 12.3. The lowest BCUT2D eigenvalue weighted by Gasteiger charge is -1.96. The molecule has 0 aliphatic heterocycles. The molecule has 0 nitrogen and oxygen atoms in total. The fraction of sp³-hybridized carbons (Fsp3) is 0.333. The van der Waals surface area contributed by atoms with Crippen LogP contribution in [0.1, 0.15) is 32.3 Å². The van der Waals surface area contributed by atoms with Crippen molar-refractivity contribution in [2.75, 3.05) is 0 Å². The van der Waals surface area contributed by atoms with Crippen molar-refractivity contribution in [1.29, 1.82) is 0 Å². The molecule has 0 heterocycles. The number of benzene rings is 1. The van der Waals surface area contributed by atoms with E-state index in [0.29, 0.717) is 0 Å². The van der Waals surface area contributed by atoms with E-state index in [1.165, 1.54) is 11.1 Å². The van der Waals surface area contributed by atoms with Crippen LogP contribution < -0.4 is 0 Å². The highest BCUT2D eigenvalue weighted by Gasteiger charge is 1.88. The zero-order chi connectivity index (χ0) is 10.9. The maximum Gasteiger partial charge on any atom is -0.0244 e. The Hall–Kier alpha value is -1.30. The molecule has 0 bridgehead atoms. The second-order valence-electron chi connectivity index (χ2n) is 3.78. The zero-order valence-corrected chi connectivity index (χ0v) is 9.74. The van der Waals surface area contributed by atoms with Crippen molar-refractivity contribution in [3.05, 3.63) is 59.7 Å². The van der Waals surface area contributed by atoms with E-state index >= 15 is 0 Å². The van der Waals surface area contributed by atoms with Gasteiger partial charge in [0.15, 0.2) is 0 Å². The fourth-order valence-electron chi connectivity index (χ4n) is 1.55. The minimum absolute atomic E-state index is 1.12. The van der Waals surface area contributed by atoms with Crippen molar-refractivity contribution in [3.8, 4) is 0 Å². The Morgan fingerprint density at radius 1 is 1.20 bits per heavy atom. The van der Waals surface area contributed by atoms with Crippen LogP contribution >= 0.6 is 0 Å². The van der Waals surface area contributed by atoms with Gasteiger partial charge in [0.1, 0.15) is 0 Å². The Labute approximate surface area is 93.3 Å². The van der Waals surface area contributed by atoms with Gasteiger partial charge in [0.25, 0.3) is 0 Å². The smallest absolute Gasteiger partial charge is 0.0244 e. The first kappa shape index (κ1) is 11.8. The second kappa shape index (κ2) is 7.05. The Morgan fingerprint density at radius 2 is 1.93 bits per heavy atom. The van der Waals surface area contributed by atoms with Crippen LogP contribution in [0.25, 0.3) is 0 Å². The average Bonchev–Trinajstić information content (AvgIpc) is 2.26. The number of aryl methyl sites for hydroxylation is 1. The Kier molecular flexibility index (Phi) is 5.54. The molecular weight excluding hydrogens is 180 g/mol. The third-order valence-corrected chi connectivity index (χ3v) is 2.35. The van der Waals surface area contributed by atoms with Crippen LogP contribution in [0.2, 0.25) is 0 Å². The molecular formula is C15H20. The molecule has 0 saturated carbocycles. The van der Waals surface area contributed by atoms with Crippen LogP contribution in [0.4, 0.5) is 0 Å². The van der Waals surface area contributed by atoms with E-state index < -0.39 is 0 Å². The monoisotopic (exact) mass is 200 g/mol. The first-order valence-electron chi connectivity index (χ1n) is 5.70. The van der Waals surface area contributed by atoms with Crippen LogP contribution in [0.3, 0.4) is 0 Å². The molecule has 0 aliphatic rings. The van der Waals surface area contributed by atoms with E-state index in [9.17, 15) is 0 Å². The van der Waals surface area contributed by atoms with Crippen LogP contribution in [0, 0.1) is 0 Å². The SMILES string of the molecule is CC/C=C(C)\C=C\CCc1ccccc1. The molecule has 0 amide bonds. The molecule has 0 atom stereocenters. The van der Waals surface area contributed by atoms with E-state index in [1.54, 1.807) is 0 Å². The van der Waals surface area contributed by atoms with E-state index in [1.807, 2.05) is 0 Å². The lowest BCUT2D eigenvalue weighted by Crippen LogP contribution is -1.81. The predicted molar refractivity (Wildman–Crippen MR) is 68.0 cm³/mol. The Balaban J connectivity index is 2.31. The summed E-state index contributed by atoms with van der Waals surface area (Å²) in [6.07, 6.45) is 10.1. The van der Waals surface area contributed by atoms with Gasteiger partial charge in [-0.3, -0.25) is 0 Å². The predicted octanol–water partition coefficient (Wildman–Crippen LogP) is 4.53. The van der Waals surface area contributed by atoms with Crippen molar-refractivity contribution in [2.24, 2.45) is 0 Å². The Bertz CT molecular complexity index is 317. The summed E-state index contributed by atoms with van der Waals surface area (Å²) in [5.74, 6) is 0. The highest BCUT2D eigenvalue weighted by atomic mass is 13.9. The van der Waals surface area contributed by atoms with E-state index in [2.05, 4.69) is 62.4 Å². The van der Waals surface area contributed by atoms with Gasteiger partial charge in [0.05, 0.1) is 0 Å². The summed E-state index contributed by atoms with van der Waals surface area (Å²) in [5, 5.41) is 0. The third kappa shape index (κ3) is 5.21. The van der Waals surface area contributed by atoms with Gasteiger partial charge in [-0.2, -0.15) is 0 Å². The van der Waals surface area contributed by atoms with Gasteiger partial charge in [-0.05, 0) is 31.7 Å². The largest absolute Gasteiger partial charge is 0.0840 e. The summed E-state index contributed by atoms with van der Waals surface area (Å²) in [7, 11) is 0. The van der Waals surface area contributed by atoms with Crippen LogP contribution in [-0.4, -0.2) is 0 Å². The lowest BCUT2D eigenvalue weighted by molar-refractivity contribution is 0.999. The molecule has 0 unspecified atom stereocenters. The summed E-state index contributed by atoms with van der Waals surface area (Å²) in [6.45, 7) is 4.32. The average molecular weight is 200 g/mol. The number of hydrogen-bond donors (Lipinski definition) is 0. The minimum Gasteiger partial charge on any atom is -0.0840 e. The van der Waals surface area contributed by atoms with Crippen LogP contribution in [0.5, 0.6) is 0 Å². The molecule has 0 spiro atoms. The molecule has 15 heavy (non-hydrogen) atoms. The second-order valence-corrected chi connectivity index (χ2v) is 3.78. The lowest BCUT2D eigenvalue weighted by atomic mass is 10.1. The topological polar surface area (TPSA) is 0 Å². The number of rotatable bonds is 5. The van der Waals surface area contributed by atoms with Gasteiger partial charge in [-0.15, -0.1) is 0 Å². The molecule has 0 aromatic heterocycles. The minimum atomic E-state index is 1.12. The van der Waals surface area contributed by atoms with Gasteiger partial charge in [-0.25, -0.2) is 0 Å². The van der Waals surface area contributed by atoms with Crippen molar-refractivity contribution < 1.29 is 0 Å². The molecule has 80 valence electrons. The summed E-state index contributed by atoms with van der Waals surface area (Å²) >= 11 is 0. The maximum atomic E-state index is 2.26. The number of hydrogen-bond acceptors (Lipinski definition) is 0. The molecule has 0 radical (unpaired) electrons. The first-order valence-corrected chi connectivity index (χ1v) is 5.70. The number of allylic oxidation sites excluding steroid dienone is 4. The van der Waals surface area contributed by atoms with Crippen LogP contribution in [0.15, 0.2) is 54.1 Å². The molecule has 0 N–H and O–H groups in total. The summed E-state index contributed by atoms with van der Waals surface area (Å²) in [6, 6.07) is 10.6. The van der Waals surface area contributed by atoms with Gasteiger partial charge in [0, 0.05) is 0 Å². The van der Waals surface area contributed by atoms with E-state index in [0.717, 1.165) is 19.3 Å². The molecule has 0 fully saturated rings. The molecule has 1 rings (SSSR count). The molecule has 0 heteroatoms. The zero-order valence-electron chi connectivity index (χ0n) is 9.74. The van der Waals surface area contributed by atoms with Gasteiger partial charge in [-0.1, -0.05) is 61.1 Å². The van der Waals surface area contributed by atoms with Crippen molar-refractivity contribution in [1.82, 2.24) is 0 Å². The quantitative estimate of drug-likeness (QED) is 0.612. The van der Waals surface area contributed by atoms with E-state index in [4.69, 9.17) is 0 Å². The standard InChI is InChI=1S/C15H20/c1-3-9-14(2)10-7-8-13-15-11-5-4-6-12-15/h4-7,9-12H,3,8,13H2,1-2H3/b10-7+,14-9-. The Morgan fingerprint density at radius 3 is 2.60 bits per heavy atom. The summed E-state index contributed by atoms with van der Waals surface area (Å²) in [4.78, 5) is 0. The molecule has 1 aromatic carbocycles. The third-order valence-electron chi connectivity index (χ3n) is 2.35. The van der Waals surface area contributed by atoms with Gasteiger partial charge in [0.2, 0.25) is 0 Å². The first-order chi connectivity index (χ1) is 7.33. The van der Waals surface area contributed by atoms with Gasteiger partial charge < -0.3 is 0 Å². The van der Waals surface area contributed by atoms with E-state index in [-0.39, 0.29) is 0 Å².